The maximum atomic E-state index is 12.3. The van der Waals surface area contributed by atoms with E-state index in [-0.39, 0.29) is 5.91 Å². The van der Waals surface area contributed by atoms with Gasteiger partial charge in [-0.25, -0.2) is 0 Å². The van der Waals surface area contributed by atoms with Gasteiger partial charge < -0.3 is 14.6 Å². The minimum absolute atomic E-state index is 0.0689. The van der Waals surface area contributed by atoms with E-state index in [9.17, 15) is 4.79 Å². The van der Waals surface area contributed by atoms with Gasteiger partial charge in [-0.15, -0.1) is 10.2 Å². The molecule has 146 valence electrons. The Kier molecular flexibility index (Phi) is 6.77. The predicted molar refractivity (Wildman–Crippen MR) is 107 cm³/mol. The van der Waals surface area contributed by atoms with Crippen molar-refractivity contribution >= 4 is 17.7 Å². The first-order chi connectivity index (χ1) is 13.0. The van der Waals surface area contributed by atoms with Crippen molar-refractivity contribution in [3.8, 4) is 5.75 Å². The summed E-state index contributed by atoms with van der Waals surface area (Å²) in [5.41, 5.74) is 1.09. The average Bonchev–Trinajstić information content (AvgIpc) is 3.01. The number of hydrogen-bond acceptors (Lipinski definition) is 5. The Morgan fingerprint density at radius 3 is 2.85 bits per heavy atom. The van der Waals surface area contributed by atoms with Crippen LogP contribution >= 0.6 is 11.8 Å². The number of carbonyl (C=O) groups excluding carboxylic acids is 1. The highest BCUT2D eigenvalue weighted by atomic mass is 32.2. The second kappa shape index (κ2) is 9.26. The number of aromatic nitrogens is 3. The molecule has 7 heteroatoms. The van der Waals surface area contributed by atoms with E-state index in [1.54, 1.807) is 0 Å². The molecule has 0 saturated heterocycles. The SMILES string of the molecule is Cc1ccccc1OCc1nnc(SCC(=O)NC2CCCCC2C)n1C. The van der Waals surface area contributed by atoms with E-state index >= 15 is 0 Å². The zero-order valence-corrected chi connectivity index (χ0v) is 17.1. The molecular formula is C20H28N4O2S. The summed E-state index contributed by atoms with van der Waals surface area (Å²) >= 11 is 1.41. The highest BCUT2D eigenvalue weighted by Crippen LogP contribution is 2.24. The quantitative estimate of drug-likeness (QED) is 0.736. The molecule has 1 fully saturated rings. The van der Waals surface area contributed by atoms with E-state index in [4.69, 9.17) is 4.74 Å². The predicted octanol–water partition coefficient (Wildman–Crippen LogP) is 3.49. The first-order valence-corrected chi connectivity index (χ1v) is 10.5. The van der Waals surface area contributed by atoms with Gasteiger partial charge in [-0.05, 0) is 37.3 Å². The minimum atomic E-state index is 0.0689. The summed E-state index contributed by atoms with van der Waals surface area (Å²) in [5, 5.41) is 12.3. The van der Waals surface area contributed by atoms with Crippen molar-refractivity contribution < 1.29 is 9.53 Å². The van der Waals surface area contributed by atoms with Crippen LogP contribution in [-0.4, -0.2) is 32.5 Å². The number of benzene rings is 1. The lowest BCUT2D eigenvalue weighted by atomic mass is 9.86. The Bertz CT molecular complexity index is 777. The molecule has 2 aromatic rings. The molecule has 2 atom stereocenters. The van der Waals surface area contributed by atoms with Crippen molar-refractivity contribution in [3.63, 3.8) is 0 Å². The Balaban J connectivity index is 1.49. The van der Waals surface area contributed by atoms with Crippen LogP contribution in [0.1, 0.15) is 44.0 Å². The van der Waals surface area contributed by atoms with Gasteiger partial charge in [-0.3, -0.25) is 4.79 Å². The van der Waals surface area contributed by atoms with Gasteiger partial charge in [0.1, 0.15) is 12.4 Å². The number of nitrogens with one attached hydrogen (secondary N) is 1. The second-order valence-corrected chi connectivity index (χ2v) is 8.18. The molecule has 1 aromatic heterocycles. The van der Waals surface area contributed by atoms with Crippen LogP contribution in [0.25, 0.3) is 0 Å². The zero-order chi connectivity index (χ0) is 19.2. The van der Waals surface area contributed by atoms with Gasteiger partial charge in [0.05, 0.1) is 5.75 Å². The molecule has 2 unspecified atom stereocenters. The standard InChI is InChI=1S/C20H28N4O2S/c1-14-8-4-6-10-16(14)21-19(25)13-27-20-23-22-18(24(20)3)12-26-17-11-7-5-9-15(17)2/h5,7,9,11,14,16H,4,6,8,10,12-13H2,1-3H3,(H,21,25). The van der Waals surface area contributed by atoms with E-state index in [2.05, 4.69) is 22.4 Å². The smallest absolute Gasteiger partial charge is 0.230 e. The van der Waals surface area contributed by atoms with Crippen molar-refractivity contribution in [2.45, 2.75) is 57.3 Å². The van der Waals surface area contributed by atoms with Crippen LogP contribution in [0.5, 0.6) is 5.75 Å². The molecule has 27 heavy (non-hydrogen) atoms. The fraction of sp³-hybridized carbons (Fsp3) is 0.550. The molecule has 3 rings (SSSR count). The van der Waals surface area contributed by atoms with Gasteiger partial charge in [0, 0.05) is 13.1 Å². The topological polar surface area (TPSA) is 69.0 Å². The molecular weight excluding hydrogens is 360 g/mol. The van der Waals surface area contributed by atoms with Gasteiger partial charge in [-0.2, -0.15) is 0 Å². The third kappa shape index (κ3) is 5.25. The number of rotatable bonds is 7. The number of nitrogens with zero attached hydrogens (tertiary/aromatic N) is 3. The monoisotopic (exact) mass is 388 g/mol. The molecule has 1 amide bonds. The number of thioether (sulfide) groups is 1. The maximum absolute atomic E-state index is 12.3. The van der Waals surface area contributed by atoms with Crippen LogP contribution in [0.2, 0.25) is 0 Å². The van der Waals surface area contributed by atoms with Gasteiger partial charge in [0.2, 0.25) is 5.91 Å². The van der Waals surface area contributed by atoms with Crippen LogP contribution in [0.4, 0.5) is 0 Å². The largest absolute Gasteiger partial charge is 0.485 e. The van der Waals surface area contributed by atoms with Crippen molar-refractivity contribution in [2.24, 2.45) is 13.0 Å². The Labute approximate surface area is 165 Å². The number of aryl methyl sites for hydroxylation is 1. The van der Waals surface area contributed by atoms with E-state index in [0.29, 0.717) is 24.3 Å². The van der Waals surface area contributed by atoms with Crippen molar-refractivity contribution in [2.75, 3.05) is 5.75 Å². The highest BCUT2D eigenvalue weighted by molar-refractivity contribution is 7.99. The molecule has 1 heterocycles. The Morgan fingerprint density at radius 2 is 2.07 bits per heavy atom. The fourth-order valence-corrected chi connectivity index (χ4v) is 4.11. The normalized spacial score (nSPS) is 19.7. The van der Waals surface area contributed by atoms with E-state index < -0.39 is 0 Å². The average molecular weight is 389 g/mol. The van der Waals surface area contributed by atoms with Crippen molar-refractivity contribution in [3.05, 3.63) is 35.7 Å². The summed E-state index contributed by atoms with van der Waals surface area (Å²) in [7, 11) is 1.90. The van der Waals surface area contributed by atoms with Crippen LogP contribution in [-0.2, 0) is 18.4 Å². The third-order valence-electron chi connectivity index (χ3n) is 5.17. The molecule has 1 aromatic carbocycles. The van der Waals surface area contributed by atoms with Gasteiger partial charge in [-0.1, -0.05) is 49.7 Å². The number of ether oxygens (including phenoxy) is 1. The van der Waals surface area contributed by atoms with E-state index in [0.717, 1.165) is 28.7 Å². The lowest BCUT2D eigenvalue weighted by Gasteiger charge is -2.29. The van der Waals surface area contributed by atoms with E-state index in [1.165, 1.54) is 31.0 Å². The lowest BCUT2D eigenvalue weighted by molar-refractivity contribution is -0.119. The summed E-state index contributed by atoms with van der Waals surface area (Å²) in [6.07, 6.45) is 4.76. The zero-order valence-electron chi connectivity index (χ0n) is 16.3. The van der Waals surface area contributed by atoms with Crippen LogP contribution in [0.15, 0.2) is 29.4 Å². The number of hydrogen-bond donors (Lipinski definition) is 1. The summed E-state index contributed by atoms with van der Waals surface area (Å²) in [6, 6.07) is 8.20. The molecule has 1 saturated carbocycles. The number of amides is 1. The highest BCUT2D eigenvalue weighted by Gasteiger charge is 2.23. The van der Waals surface area contributed by atoms with Crippen LogP contribution in [0.3, 0.4) is 0 Å². The Hall–Kier alpha value is -2.02. The van der Waals surface area contributed by atoms with Crippen molar-refractivity contribution in [1.82, 2.24) is 20.1 Å². The second-order valence-electron chi connectivity index (χ2n) is 7.24. The summed E-state index contributed by atoms with van der Waals surface area (Å²) in [4.78, 5) is 12.3. The number of carbonyl (C=O) groups is 1. The molecule has 1 aliphatic rings. The lowest BCUT2D eigenvalue weighted by Crippen LogP contribution is -2.41. The molecule has 1 N–H and O–H groups in total. The van der Waals surface area contributed by atoms with Gasteiger partial charge in [0.25, 0.3) is 0 Å². The van der Waals surface area contributed by atoms with Gasteiger partial charge >= 0.3 is 0 Å². The molecule has 1 aliphatic carbocycles. The van der Waals surface area contributed by atoms with Crippen LogP contribution < -0.4 is 10.1 Å². The van der Waals surface area contributed by atoms with E-state index in [1.807, 2.05) is 42.8 Å². The molecule has 6 nitrogen and oxygen atoms in total. The fourth-order valence-electron chi connectivity index (χ4n) is 3.37. The molecule has 0 aliphatic heterocycles. The molecule has 0 spiro atoms. The summed E-state index contributed by atoms with van der Waals surface area (Å²) < 4.78 is 7.73. The Morgan fingerprint density at radius 1 is 1.30 bits per heavy atom. The van der Waals surface area contributed by atoms with Gasteiger partial charge in [0.15, 0.2) is 11.0 Å². The summed E-state index contributed by atoms with van der Waals surface area (Å²) in [5.74, 6) is 2.57. The van der Waals surface area contributed by atoms with Crippen LogP contribution in [0, 0.1) is 12.8 Å². The first kappa shape index (κ1) is 19.7. The van der Waals surface area contributed by atoms with Crippen molar-refractivity contribution in [1.29, 1.82) is 0 Å². The summed E-state index contributed by atoms with van der Waals surface area (Å²) in [6.45, 7) is 4.58. The minimum Gasteiger partial charge on any atom is -0.485 e. The number of para-hydroxylation sites is 1. The molecule has 0 bridgehead atoms. The first-order valence-electron chi connectivity index (χ1n) is 9.53. The third-order valence-corrected chi connectivity index (χ3v) is 6.19. The molecule has 0 radical (unpaired) electrons. The maximum Gasteiger partial charge on any atom is 0.230 e.